The summed E-state index contributed by atoms with van der Waals surface area (Å²) in [5, 5.41) is 10.2. The van der Waals surface area contributed by atoms with Gasteiger partial charge in [-0.3, -0.25) is 4.79 Å². The minimum atomic E-state index is -2.40. The third-order valence-corrected chi connectivity index (χ3v) is 4.57. The Balaban J connectivity index is 1.69. The average molecular weight is 492 g/mol. The van der Waals surface area contributed by atoms with E-state index in [1.807, 2.05) is 31.1 Å². The van der Waals surface area contributed by atoms with E-state index in [1.165, 1.54) is 18.2 Å². The second-order valence-corrected chi connectivity index (χ2v) is 7.18. The van der Waals surface area contributed by atoms with E-state index in [0.717, 1.165) is 5.69 Å². The quantitative estimate of drug-likeness (QED) is 0.123. The van der Waals surface area contributed by atoms with Crippen molar-refractivity contribution < 1.29 is 36.3 Å². The number of nitrogens with one attached hydrogen (secondary N) is 1. The van der Waals surface area contributed by atoms with Crippen molar-refractivity contribution >= 4 is 28.9 Å². The molecule has 3 rings (SSSR count). The molecule has 0 radical (unpaired) electrons. The van der Waals surface area contributed by atoms with Crippen LogP contribution < -0.4 is 15.0 Å². The van der Waals surface area contributed by atoms with Crippen molar-refractivity contribution in [3.05, 3.63) is 83.2 Å². The molecular formula is C23H17F5N4O3. The summed E-state index contributed by atoms with van der Waals surface area (Å²) in [6.45, 7) is -0.935. The standard InChI is InChI=1S/C23H17F5N4O3/c1-32(2)13-9-7-12(8-10-13)30-31-15-6-4-3-5-14(15)23(34)29-11-16(33)35-22-20(27)18(25)17(24)19(26)21(22)28/h3-10H,11H2,1-2H3,(H,29,34). The summed E-state index contributed by atoms with van der Waals surface area (Å²) >= 11 is 0. The highest BCUT2D eigenvalue weighted by Crippen LogP contribution is 2.29. The molecule has 0 spiro atoms. The fourth-order valence-electron chi connectivity index (χ4n) is 2.75. The Morgan fingerprint density at radius 3 is 2.00 bits per heavy atom. The van der Waals surface area contributed by atoms with E-state index in [4.69, 9.17) is 0 Å². The number of hydrogen-bond donors (Lipinski definition) is 1. The van der Waals surface area contributed by atoms with Crippen LogP contribution in [0.4, 0.5) is 39.0 Å². The molecule has 0 atom stereocenters. The zero-order chi connectivity index (χ0) is 25.7. The highest BCUT2D eigenvalue weighted by atomic mass is 19.2. The Morgan fingerprint density at radius 2 is 1.40 bits per heavy atom. The average Bonchev–Trinajstić information content (AvgIpc) is 2.86. The number of amides is 1. The molecule has 0 bridgehead atoms. The monoisotopic (exact) mass is 492 g/mol. The molecule has 0 saturated carbocycles. The van der Waals surface area contributed by atoms with Crippen molar-refractivity contribution in [1.82, 2.24) is 5.32 Å². The molecule has 0 fully saturated rings. The molecule has 0 aliphatic carbocycles. The van der Waals surface area contributed by atoms with Gasteiger partial charge < -0.3 is 15.0 Å². The fraction of sp³-hybridized carbons (Fsp3) is 0.130. The molecule has 12 heteroatoms. The predicted molar refractivity (Wildman–Crippen MR) is 116 cm³/mol. The number of carbonyl (C=O) groups is 2. The first-order valence-corrected chi connectivity index (χ1v) is 9.88. The summed E-state index contributed by atoms with van der Waals surface area (Å²) in [4.78, 5) is 26.3. The maximum absolute atomic E-state index is 13.7. The first kappa shape index (κ1) is 25.3. The first-order chi connectivity index (χ1) is 16.6. The Bertz CT molecular complexity index is 1270. The van der Waals surface area contributed by atoms with E-state index in [0.29, 0.717) is 5.69 Å². The Labute approximate surface area is 195 Å². The van der Waals surface area contributed by atoms with Crippen LogP contribution in [-0.4, -0.2) is 32.5 Å². The van der Waals surface area contributed by atoms with Crippen LogP contribution >= 0.6 is 0 Å². The molecule has 182 valence electrons. The Kier molecular flexibility index (Phi) is 7.74. The Morgan fingerprint density at radius 1 is 0.829 bits per heavy atom. The van der Waals surface area contributed by atoms with E-state index in [2.05, 4.69) is 20.3 Å². The van der Waals surface area contributed by atoms with Crippen molar-refractivity contribution in [2.75, 3.05) is 25.5 Å². The van der Waals surface area contributed by atoms with E-state index < -0.39 is 53.3 Å². The molecule has 7 nitrogen and oxygen atoms in total. The van der Waals surface area contributed by atoms with E-state index >= 15 is 0 Å². The van der Waals surface area contributed by atoms with Gasteiger partial charge >= 0.3 is 5.97 Å². The molecule has 1 amide bonds. The van der Waals surface area contributed by atoms with Crippen molar-refractivity contribution in [3.8, 4) is 5.75 Å². The molecule has 1 N–H and O–H groups in total. The lowest BCUT2D eigenvalue weighted by Gasteiger charge is -2.11. The maximum Gasteiger partial charge on any atom is 0.331 e. The van der Waals surface area contributed by atoms with Gasteiger partial charge in [-0.2, -0.15) is 13.9 Å². The van der Waals surface area contributed by atoms with Gasteiger partial charge in [-0.05, 0) is 36.4 Å². The van der Waals surface area contributed by atoms with Gasteiger partial charge in [-0.25, -0.2) is 18.0 Å². The van der Waals surface area contributed by atoms with Gasteiger partial charge in [-0.15, -0.1) is 5.11 Å². The number of ether oxygens (including phenoxy) is 1. The minimum absolute atomic E-state index is 0.00481. The Hall–Kier alpha value is -4.35. The van der Waals surface area contributed by atoms with E-state index in [-0.39, 0.29) is 11.3 Å². The fourth-order valence-corrected chi connectivity index (χ4v) is 2.75. The molecule has 0 heterocycles. The summed E-state index contributed by atoms with van der Waals surface area (Å²) in [7, 11) is 3.76. The van der Waals surface area contributed by atoms with Crippen molar-refractivity contribution in [3.63, 3.8) is 0 Å². The summed E-state index contributed by atoms with van der Waals surface area (Å²) in [5.41, 5.74) is 1.61. The van der Waals surface area contributed by atoms with Crippen LogP contribution in [0.5, 0.6) is 5.75 Å². The third-order valence-electron chi connectivity index (χ3n) is 4.57. The molecule has 3 aromatic rings. The maximum atomic E-state index is 13.7. The molecule has 0 aromatic heterocycles. The van der Waals surface area contributed by atoms with Crippen LogP contribution in [0, 0.1) is 29.1 Å². The molecule has 3 aromatic carbocycles. The van der Waals surface area contributed by atoms with Crippen LogP contribution in [0.3, 0.4) is 0 Å². The van der Waals surface area contributed by atoms with Gasteiger partial charge in [0, 0.05) is 19.8 Å². The lowest BCUT2D eigenvalue weighted by atomic mass is 10.1. The summed E-state index contributed by atoms with van der Waals surface area (Å²) in [6, 6.07) is 13.1. The lowest BCUT2D eigenvalue weighted by Crippen LogP contribution is -2.32. The summed E-state index contributed by atoms with van der Waals surface area (Å²) in [6.07, 6.45) is 0. The number of halogens is 5. The van der Waals surface area contributed by atoms with Crippen LogP contribution in [0.2, 0.25) is 0 Å². The van der Waals surface area contributed by atoms with Gasteiger partial charge in [-0.1, -0.05) is 12.1 Å². The highest BCUT2D eigenvalue weighted by molar-refractivity contribution is 6.00. The number of hydrogen-bond acceptors (Lipinski definition) is 6. The zero-order valence-electron chi connectivity index (χ0n) is 18.3. The van der Waals surface area contributed by atoms with Crippen LogP contribution in [0.1, 0.15) is 10.4 Å². The van der Waals surface area contributed by atoms with E-state index in [9.17, 15) is 31.5 Å². The first-order valence-electron chi connectivity index (χ1n) is 9.88. The molecule has 0 saturated heterocycles. The summed E-state index contributed by atoms with van der Waals surface area (Å²) < 4.78 is 71.1. The van der Waals surface area contributed by atoms with Gasteiger partial charge in [0.2, 0.25) is 34.8 Å². The van der Waals surface area contributed by atoms with E-state index in [1.54, 1.807) is 18.2 Å². The second-order valence-electron chi connectivity index (χ2n) is 7.18. The third kappa shape index (κ3) is 5.78. The molecule has 0 aliphatic heterocycles. The summed E-state index contributed by atoms with van der Waals surface area (Å²) in [5.74, 6) is -15.6. The molecule has 0 unspecified atom stereocenters. The van der Waals surface area contributed by atoms with Gasteiger partial charge in [0.05, 0.1) is 16.9 Å². The normalized spacial score (nSPS) is 10.9. The van der Waals surface area contributed by atoms with Crippen molar-refractivity contribution in [2.24, 2.45) is 10.2 Å². The number of esters is 1. The molecular weight excluding hydrogens is 475 g/mol. The number of nitrogens with zero attached hydrogens (tertiary/aromatic N) is 3. The van der Waals surface area contributed by atoms with Gasteiger partial charge in [0.15, 0.2) is 0 Å². The largest absolute Gasteiger partial charge is 0.419 e. The van der Waals surface area contributed by atoms with Crippen LogP contribution in [0.25, 0.3) is 0 Å². The van der Waals surface area contributed by atoms with Crippen LogP contribution in [0.15, 0.2) is 58.8 Å². The SMILES string of the molecule is CN(C)c1ccc(N=Nc2ccccc2C(=O)NCC(=O)Oc2c(F)c(F)c(F)c(F)c2F)cc1. The van der Waals surface area contributed by atoms with Crippen molar-refractivity contribution in [1.29, 1.82) is 0 Å². The number of carbonyl (C=O) groups excluding carboxylic acids is 2. The van der Waals surface area contributed by atoms with Crippen molar-refractivity contribution in [2.45, 2.75) is 0 Å². The number of benzene rings is 3. The van der Waals surface area contributed by atoms with Gasteiger partial charge in [0.25, 0.3) is 5.91 Å². The molecule has 0 aliphatic rings. The molecule has 35 heavy (non-hydrogen) atoms. The highest BCUT2D eigenvalue weighted by Gasteiger charge is 2.28. The number of anilines is 1. The topological polar surface area (TPSA) is 83.4 Å². The van der Waals surface area contributed by atoms with Gasteiger partial charge in [0.1, 0.15) is 6.54 Å². The minimum Gasteiger partial charge on any atom is -0.419 e. The smallest absolute Gasteiger partial charge is 0.331 e. The number of rotatable bonds is 7. The lowest BCUT2D eigenvalue weighted by molar-refractivity contribution is -0.133. The van der Waals surface area contributed by atoms with Crippen LogP contribution in [-0.2, 0) is 4.79 Å². The predicted octanol–water partition coefficient (Wildman–Crippen LogP) is 5.20. The second kappa shape index (κ2) is 10.7. The number of azo groups is 1. The zero-order valence-corrected chi connectivity index (χ0v) is 18.3.